The van der Waals surface area contributed by atoms with E-state index in [4.69, 9.17) is 4.74 Å². The minimum Gasteiger partial charge on any atom is -0.383 e. The summed E-state index contributed by atoms with van der Waals surface area (Å²) < 4.78 is 28.1. The molecule has 1 atom stereocenters. The van der Waals surface area contributed by atoms with Gasteiger partial charge in [0.05, 0.1) is 16.4 Å². The lowest BCUT2D eigenvalue weighted by molar-refractivity contribution is -0.385. The lowest BCUT2D eigenvalue weighted by atomic mass is 10.0. The van der Waals surface area contributed by atoms with E-state index in [0.717, 1.165) is 12.3 Å². The van der Waals surface area contributed by atoms with Crippen LogP contribution < -0.4 is 5.32 Å². The molecule has 118 valence electrons. The molecule has 1 N–H and O–H groups in total. The third-order valence-corrected chi connectivity index (χ3v) is 4.12. The molecular weight excluding hydrogens is 296 g/mol. The lowest BCUT2D eigenvalue weighted by Gasteiger charge is -2.17. The fourth-order valence-electron chi connectivity index (χ4n) is 2.06. The van der Waals surface area contributed by atoms with Crippen molar-refractivity contribution in [3.05, 3.63) is 33.9 Å². The molecule has 7 nitrogen and oxygen atoms in total. The number of hydrogen-bond acceptors (Lipinski definition) is 6. The van der Waals surface area contributed by atoms with Crippen molar-refractivity contribution in [1.29, 1.82) is 0 Å². The minimum absolute atomic E-state index is 0.0512. The molecule has 0 aromatic heterocycles. The number of methoxy groups -OCH3 is 1. The van der Waals surface area contributed by atoms with E-state index in [1.54, 1.807) is 7.11 Å². The number of nitrogens with zero attached hydrogens (tertiary/aromatic N) is 1. The van der Waals surface area contributed by atoms with Crippen LogP contribution >= 0.6 is 0 Å². The first-order valence-corrected chi connectivity index (χ1v) is 8.38. The van der Waals surface area contributed by atoms with E-state index in [1.165, 1.54) is 12.1 Å². The first-order chi connectivity index (χ1) is 9.79. The number of nitrogens with one attached hydrogen (secondary N) is 1. The normalized spacial score (nSPS) is 13.1. The van der Waals surface area contributed by atoms with Crippen LogP contribution in [0.5, 0.6) is 0 Å². The molecule has 0 aliphatic carbocycles. The van der Waals surface area contributed by atoms with Gasteiger partial charge in [0.1, 0.15) is 0 Å². The van der Waals surface area contributed by atoms with Gasteiger partial charge in [0.2, 0.25) is 0 Å². The van der Waals surface area contributed by atoms with Gasteiger partial charge in [0.15, 0.2) is 9.84 Å². The Morgan fingerprint density at radius 3 is 2.57 bits per heavy atom. The van der Waals surface area contributed by atoms with Gasteiger partial charge in [-0.25, -0.2) is 8.42 Å². The van der Waals surface area contributed by atoms with E-state index in [0.29, 0.717) is 25.1 Å². The van der Waals surface area contributed by atoms with E-state index in [2.05, 4.69) is 5.32 Å². The van der Waals surface area contributed by atoms with Gasteiger partial charge in [-0.05, 0) is 19.0 Å². The van der Waals surface area contributed by atoms with Gasteiger partial charge in [-0.1, -0.05) is 13.0 Å². The van der Waals surface area contributed by atoms with Crippen LogP contribution in [0.25, 0.3) is 0 Å². The molecule has 1 aromatic rings. The molecule has 0 radical (unpaired) electrons. The summed E-state index contributed by atoms with van der Waals surface area (Å²) in [4.78, 5) is 10.6. The van der Waals surface area contributed by atoms with Crippen LogP contribution in [0.4, 0.5) is 5.69 Å². The standard InChI is InChI=1S/C13H20N2O5S/c1-4-14-11(9-20-2)7-10-5-6-12(21(3,18)19)8-13(10)15(16)17/h5-6,8,11,14H,4,7,9H2,1-3H3. The maximum atomic E-state index is 11.5. The quantitative estimate of drug-likeness (QED) is 0.571. The Balaban J connectivity index is 3.14. The summed E-state index contributed by atoms with van der Waals surface area (Å²) in [5.74, 6) is 0. The Hall–Kier alpha value is -1.51. The van der Waals surface area contributed by atoms with Crippen LogP contribution in [-0.4, -0.2) is 45.9 Å². The van der Waals surface area contributed by atoms with Gasteiger partial charge in [0.25, 0.3) is 5.69 Å². The number of sulfone groups is 1. The Labute approximate surface area is 124 Å². The highest BCUT2D eigenvalue weighted by atomic mass is 32.2. The summed E-state index contributed by atoms with van der Waals surface area (Å²) in [5.41, 5.74) is 0.298. The number of rotatable bonds is 8. The number of ether oxygens (including phenoxy) is 1. The topological polar surface area (TPSA) is 98.5 Å². The molecule has 1 unspecified atom stereocenters. The molecule has 0 saturated heterocycles. The predicted octanol–water partition coefficient (Wildman–Crippen LogP) is 1.17. The fourth-order valence-corrected chi connectivity index (χ4v) is 2.70. The maximum absolute atomic E-state index is 11.5. The molecule has 1 aromatic carbocycles. The molecule has 0 aliphatic heterocycles. The third-order valence-electron chi connectivity index (χ3n) is 3.01. The fraction of sp³-hybridized carbons (Fsp3) is 0.538. The average molecular weight is 316 g/mol. The highest BCUT2D eigenvalue weighted by Gasteiger charge is 2.21. The number of benzene rings is 1. The van der Waals surface area contributed by atoms with Gasteiger partial charge in [-0.3, -0.25) is 10.1 Å². The van der Waals surface area contributed by atoms with Crippen molar-refractivity contribution in [3.63, 3.8) is 0 Å². The Kier molecular flexibility index (Phi) is 6.25. The summed E-state index contributed by atoms with van der Waals surface area (Å²) in [6.07, 6.45) is 1.42. The van der Waals surface area contributed by atoms with Crippen molar-refractivity contribution in [2.75, 3.05) is 26.5 Å². The number of nitro groups is 1. The van der Waals surface area contributed by atoms with Gasteiger partial charge < -0.3 is 10.1 Å². The van der Waals surface area contributed by atoms with Gasteiger partial charge >= 0.3 is 0 Å². The highest BCUT2D eigenvalue weighted by molar-refractivity contribution is 7.90. The Morgan fingerprint density at radius 1 is 1.43 bits per heavy atom. The van der Waals surface area contributed by atoms with Crippen LogP contribution in [-0.2, 0) is 21.0 Å². The first-order valence-electron chi connectivity index (χ1n) is 6.49. The third kappa shape index (κ3) is 5.07. The average Bonchev–Trinajstić information content (AvgIpc) is 2.38. The maximum Gasteiger partial charge on any atom is 0.273 e. The first kappa shape index (κ1) is 17.5. The second-order valence-electron chi connectivity index (χ2n) is 4.73. The second kappa shape index (κ2) is 7.48. The molecule has 8 heteroatoms. The Bertz CT molecular complexity index is 595. The molecule has 0 heterocycles. The zero-order valence-corrected chi connectivity index (χ0v) is 13.1. The molecule has 0 spiro atoms. The Morgan fingerprint density at radius 2 is 2.10 bits per heavy atom. The smallest absolute Gasteiger partial charge is 0.273 e. The summed E-state index contributed by atoms with van der Waals surface area (Å²) in [6, 6.07) is 3.94. The zero-order valence-electron chi connectivity index (χ0n) is 12.3. The number of nitro benzene ring substituents is 1. The van der Waals surface area contributed by atoms with Crippen LogP contribution in [0.1, 0.15) is 12.5 Å². The SMILES string of the molecule is CCNC(COC)Cc1ccc(S(C)(=O)=O)cc1[N+](=O)[O-]. The van der Waals surface area contributed by atoms with E-state index >= 15 is 0 Å². The highest BCUT2D eigenvalue weighted by Crippen LogP contribution is 2.24. The molecule has 21 heavy (non-hydrogen) atoms. The molecule has 0 aliphatic rings. The number of hydrogen-bond donors (Lipinski definition) is 1. The van der Waals surface area contributed by atoms with Crippen molar-refractivity contribution in [1.82, 2.24) is 5.32 Å². The van der Waals surface area contributed by atoms with Crippen molar-refractivity contribution < 1.29 is 18.1 Å². The van der Waals surface area contributed by atoms with E-state index in [9.17, 15) is 18.5 Å². The van der Waals surface area contributed by atoms with E-state index in [1.807, 2.05) is 6.92 Å². The van der Waals surface area contributed by atoms with Crippen LogP contribution in [0.15, 0.2) is 23.1 Å². The van der Waals surface area contributed by atoms with Crippen molar-refractivity contribution in [2.45, 2.75) is 24.3 Å². The molecule has 0 fully saturated rings. The van der Waals surface area contributed by atoms with Crippen LogP contribution in [0.2, 0.25) is 0 Å². The van der Waals surface area contributed by atoms with Crippen LogP contribution in [0.3, 0.4) is 0 Å². The van der Waals surface area contributed by atoms with Gasteiger partial charge in [0, 0.05) is 31.0 Å². The lowest BCUT2D eigenvalue weighted by Crippen LogP contribution is -2.35. The van der Waals surface area contributed by atoms with Crippen LogP contribution in [0, 0.1) is 10.1 Å². The molecule has 0 bridgehead atoms. The molecular formula is C13H20N2O5S. The minimum atomic E-state index is -3.47. The summed E-state index contributed by atoms with van der Waals surface area (Å²) in [6.45, 7) is 3.06. The van der Waals surface area contributed by atoms with Gasteiger partial charge in [-0.2, -0.15) is 0 Å². The second-order valence-corrected chi connectivity index (χ2v) is 6.75. The van der Waals surface area contributed by atoms with E-state index in [-0.39, 0.29) is 16.6 Å². The predicted molar refractivity (Wildman–Crippen MR) is 79.3 cm³/mol. The van der Waals surface area contributed by atoms with E-state index < -0.39 is 14.8 Å². The zero-order chi connectivity index (χ0) is 16.0. The van der Waals surface area contributed by atoms with Crippen molar-refractivity contribution in [3.8, 4) is 0 Å². The summed E-state index contributed by atoms with van der Waals surface area (Å²) >= 11 is 0. The summed E-state index contributed by atoms with van der Waals surface area (Å²) in [5, 5.41) is 14.3. The molecule has 0 amide bonds. The van der Waals surface area contributed by atoms with Crippen molar-refractivity contribution in [2.24, 2.45) is 0 Å². The van der Waals surface area contributed by atoms with Crippen molar-refractivity contribution >= 4 is 15.5 Å². The van der Waals surface area contributed by atoms with Gasteiger partial charge in [-0.15, -0.1) is 0 Å². The summed E-state index contributed by atoms with van der Waals surface area (Å²) in [7, 11) is -1.91. The molecule has 0 saturated carbocycles. The number of likely N-dealkylation sites (N-methyl/N-ethyl adjacent to an activating group) is 1. The molecule has 1 rings (SSSR count). The monoisotopic (exact) mass is 316 g/mol. The largest absolute Gasteiger partial charge is 0.383 e.